The van der Waals surface area contributed by atoms with Crippen molar-refractivity contribution in [3.05, 3.63) is 98.0 Å². The molecule has 166 valence electrons. The monoisotopic (exact) mass is 498 g/mol. The van der Waals surface area contributed by atoms with Gasteiger partial charge in [-0.05, 0) is 48.6 Å². The first kappa shape index (κ1) is 22.7. The van der Waals surface area contributed by atoms with Crippen molar-refractivity contribution >= 4 is 46.8 Å². The predicted molar refractivity (Wildman–Crippen MR) is 131 cm³/mol. The molecule has 0 atom stereocenters. The van der Waals surface area contributed by atoms with Gasteiger partial charge in [0.2, 0.25) is 11.6 Å². The molecule has 0 aliphatic rings. The zero-order valence-corrected chi connectivity index (χ0v) is 19.5. The fraction of sp³-hybridized carbons (Fsp3) is 0.0435. The van der Waals surface area contributed by atoms with Crippen LogP contribution < -0.4 is 10.3 Å². The molecule has 0 spiro atoms. The average Bonchev–Trinajstić information content (AvgIpc) is 2.81. The normalized spacial score (nSPS) is 11.1. The Morgan fingerprint density at radius 3 is 2.12 bits per heavy atom. The van der Waals surface area contributed by atoms with Gasteiger partial charge in [-0.3, -0.25) is 9.36 Å². The van der Waals surface area contributed by atoms with Crippen molar-refractivity contribution in [1.29, 1.82) is 0 Å². The van der Waals surface area contributed by atoms with Crippen molar-refractivity contribution in [3.63, 3.8) is 0 Å². The smallest absolute Gasteiger partial charge is 0.290 e. The molecule has 0 fully saturated rings. The summed E-state index contributed by atoms with van der Waals surface area (Å²) in [6.07, 6.45) is 0. The maximum absolute atomic E-state index is 13.5. The summed E-state index contributed by atoms with van der Waals surface area (Å²) < 4.78 is 7.85. The van der Waals surface area contributed by atoms with Crippen LogP contribution in [0.4, 0.5) is 11.4 Å². The summed E-state index contributed by atoms with van der Waals surface area (Å²) in [5.41, 5.74) is 0.00788. The van der Waals surface area contributed by atoms with Crippen LogP contribution in [0.1, 0.15) is 0 Å². The highest BCUT2D eigenvalue weighted by Crippen LogP contribution is 2.33. The van der Waals surface area contributed by atoms with Crippen molar-refractivity contribution in [3.8, 4) is 23.0 Å². The highest BCUT2D eigenvalue weighted by Gasteiger charge is 2.22. The minimum Gasteiger partial charge on any atom is -0.495 e. The Morgan fingerprint density at radius 1 is 0.848 bits per heavy atom. The predicted octanol–water partition coefficient (Wildman–Crippen LogP) is 6.79. The van der Waals surface area contributed by atoms with Crippen LogP contribution in [0, 0.1) is 4.77 Å². The van der Waals surface area contributed by atoms with E-state index in [-0.39, 0.29) is 10.5 Å². The van der Waals surface area contributed by atoms with Crippen LogP contribution >= 0.6 is 35.4 Å². The summed E-state index contributed by atoms with van der Waals surface area (Å²) in [5, 5.41) is 19.8. The first-order valence-electron chi connectivity index (χ1n) is 9.59. The van der Waals surface area contributed by atoms with Crippen molar-refractivity contribution in [2.45, 2.75) is 0 Å². The van der Waals surface area contributed by atoms with E-state index in [9.17, 15) is 9.90 Å². The molecule has 3 aromatic carbocycles. The standard InChI is InChI=1S/C23H16Cl2N4O3S/c1-32-19-13-7-6-12-18(19)29-22(31)20(27-26-16-10-4-2-8-14(16)24)21(30)28(23(29)33)17-11-5-3-9-15(17)25/h2-13,30H,1H3. The van der Waals surface area contributed by atoms with Crippen molar-refractivity contribution in [2.75, 3.05) is 7.11 Å². The third-order valence-corrected chi connectivity index (χ3v) is 5.75. The maximum atomic E-state index is 13.5. The van der Waals surface area contributed by atoms with E-state index in [0.717, 1.165) is 0 Å². The summed E-state index contributed by atoms with van der Waals surface area (Å²) in [6, 6.07) is 20.3. The molecule has 0 radical (unpaired) electrons. The number of hydrogen-bond donors (Lipinski definition) is 1. The van der Waals surface area contributed by atoms with Gasteiger partial charge in [-0.15, -0.1) is 10.2 Å². The number of ether oxygens (including phenoxy) is 1. The zero-order valence-electron chi connectivity index (χ0n) is 17.1. The largest absolute Gasteiger partial charge is 0.495 e. The van der Waals surface area contributed by atoms with E-state index in [1.165, 1.54) is 16.2 Å². The second kappa shape index (κ2) is 9.58. The highest BCUT2D eigenvalue weighted by molar-refractivity contribution is 7.71. The zero-order chi connectivity index (χ0) is 23.5. The lowest BCUT2D eigenvalue weighted by Crippen LogP contribution is -2.23. The molecule has 7 nitrogen and oxygen atoms in total. The molecule has 1 aromatic heterocycles. The molecule has 33 heavy (non-hydrogen) atoms. The van der Waals surface area contributed by atoms with E-state index in [1.54, 1.807) is 72.8 Å². The minimum absolute atomic E-state index is 0.0354. The van der Waals surface area contributed by atoms with E-state index in [4.69, 9.17) is 40.2 Å². The van der Waals surface area contributed by atoms with Crippen LogP contribution in [0.2, 0.25) is 10.0 Å². The van der Waals surface area contributed by atoms with E-state index in [0.29, 0.717) is 32.9 Å². The number of para-hydroxylation sites is 3. The molecule has 0 saturated carbocycles. The van der Waals surface area contributed by atoms with E-state index in [1.807, 2.05) is 0 Å². The van der Waals surface area contributed by atoms with Crippen molar-refractivity contribution < 1.29 is 9.84 Å². The van der Waals surface area contributed by atoms with E-state index in [2.05, 4.69) is 10.2 Å². The fourth-order valence-electron chi connectivity index (χ4n) is 3.19. The molecule has 0 unspecified atom stereocenters. The van der Waals surface area contributed by atoms with Gasteiger partial charge in [0.15, 0.2) is 4.77 Å². The minimum atomic E-state index is -0.693. The number of methoxy groups -OCH3 is 1. The second-order valence-corrected chi connectivity index (χ2v) is 7.88. The lowest BCUT2D eigenvalue weighted by atomic mass is 10.2. The fourth-order valence-corrected chi connectivity index (χ4v) is 3.95. The van der Waals surface area contributed by atoms with Crippen LogP contribution in [0.3, 0.4) is 0 Å². The van der Waals surface area contributed by atoms with Gasteiger partial charge >= 0.3 is 0 Å². The third-order valence-electron chi connectivity index (χ3n) is 4.74. The molecule has 1 N–H and O–H groups in total. The van der Waals surface area contributed by atoms with Gasteiger partial charge in [-0.25, -0.2) is 4.57 Å². The first-order chi connectivity index (χ1) is 15.9. The molecule has 1 heterocycles. The van der Waals surface area contributed by atoms with E-state index >= 15 is 0 Å². The number of halogens is 2. The van der Waals surface area contributed by atoms with E-state index < -0.39 is 11.4 Å². The van der Waals surface area contributed by atoms with Crippen LogP contribution in [0.15, 0.2) is 87.8 Å². The van der Waals surface area contributed by atoms with Crippen LogP contribution in [-0.4, -0.2) is 21.4 Å². The number of benzene rings is 3. The van der Waals surface area contributed by atoms with Crippen LogP contribution in [0.5, 0.6) is 11.6 Å². The van der Waals surface area contributed by atoms with Crippen molar-refractivity contribution in [2.24, 2.45) is 10.2 Å². The van der Waals surface area contributed by atoms with Gasteiger partial charge in [0.25, 0.3) is 5.56 Å². The summed E-state index contributed by atoms with van der Waals surface area (Å²) >= 11 is 18.2. The number of azo groups is 1. The van der Waals surface area contributed by atoms with Gasteiger partial charge in [-0.1, -0.05) is 59.6 Å². The summed E-state index contributed by atoms with van der Waals surface area (Å²) in [6.45, 7) is 0. The molecule has 0 amide bonds. The van der Waals surface area contributed by atoms with Gasteiger partial charge in [0, 0.05) is 0 Å². The Balaban J connectivity index is 2.08. The number of aromatic hydroxyl groups is 1. The van der Waals surface area contributed by atoms with Crippen LogP contribution in [-0.2, 0) is 0 Å². The van der Waals surface area contributed by atoms with Gasteiger partial charge in [0.05, 0.1) is 28.5 Å². The Labute approximate surface area is 203 Å². The van der Waals surface area contributed by atoms with Gasteiger partial charge in [0.1, 0.15) is 11.4 Å². The molecular weight excluding hydrogens is 483 g/mol. The number of rotatable bonds is 5. The molecular formula is C23H16Cl2N4O3S. The summed E-state index contributed by atoms with van der Waals surface area (Å²) in [5.74, 6) is -0.115. The number of aromatic nitrogens is 2. The molecule has 4 rings (SSSR count). The Hall–Kier alpha value is -3.46. The molecule has 0 bridgehead atoms. The maximum Gasteiger partial charge on any atom is 0.290 e. The summed E-state index contributed by atoms with van der Waals surface area (Å²) in [7, 11) is 1.48. The molecule has 4 aromatic rings. The molecule has 0 saturated heterocycles. The molecule has 0 aliphatic heterocycles. The van der Waals surface area contributed by atoms with Crippen LogP contribution in [0.25, 0.3) is 11.4 Å². The molecule has 0 aliphatic carbocycles. The van der Waals surface area contributed by atoms with Crippen molar-refractivity contribution in [1.82, 2.24) is 9.13 Å². The topological polar surface area (TPSA) is 81.1 Å². The third kappa shape index (κ3) is 4.28. The Morgan fingerprint density at radius 2 is 1.45 bits per heavy atom. The van der Waals surface area contributed by atoms with Gasteiger partial charge in [-0.2, -0.15) is 0 Å². The first-order valence-corrected chi connectivity index (χ1v) is 10.8. The Bertz CT molecular complexity index is 1500. The molecule has 10 heteroatoms. The highest BCUT2D eigenvalue weighted by atomic mass is 35.5. The number of nitrogens with zero attached hydrogens (tertiary/aromatic N) is 4. The SMILES string of the molecule is COc1ccccc1-n1c(=O)c(N=Nc2ccccc2Cl)c(O)n(-c2ccccc2Cl)c1=S. The van der Waals surface area contributed by atoms with Gasteiger partial charge < -0.3 is 9.84 Å². The lowest BCUT2D eigenvalue weighted by Gasteiger charge is -2.18. The lowest BCUT2D eigenvalue weighted by molar-refractivity contribution is 0.410. The quantitative estimate of drug-likeness (QED) is 0.242. The summed E-state index contributed by atoms with van der Waals surface area (Å²) in [4.78, 5) is 13.5. The number of hydrogen-bond acceptors (Lipinski definition) is 6. The second-order valence-electron chi connectivity index (χ2n) is 6.71. The Kier molecular flexibility index (Phi) is 6.60. The average molecular weight is 499 g/mol.